The second kappa shape index (κ2) is 8.02. The smallest absolute Gasteiger partial charge is 0.331 e. The molecule has 7 heteroatoms. The maximum absolute atomic E-state index is 11.4. The predicted molar refractivity (Wildman–Crippen MR) is 77.8 cm³/mol. The summed E-state index contributed by atoms with van der Waals surface area (Å²) < 4.78 is 5.91. The summed E-state index contributed by atoms with van der Waals surface area (Å²) in [5.41, 5.74) is 9.37. The molecule has 1 rings (SSSR count). The van der Waals surface area contributed by atoms with Gasteiger partial charge in [0.05, 0.1) is 18.2 Å². The quantitative estimate of drug-likeness (QED) is 0.427. The highest BCUT2D eigenvalue weighted by atomic mass is 16.5. The first-order valence-electron chi connectivity index (χ1n) is 7.32. The van der Waals surface area contributed by atoms with Crippen molar-refractivity contribution < 1.29 is 19.7 Å². The van der Waals surface area contributed by atoms with Gasteiger partial charge in [0.1, 0.15) is 6.10 Å². The number of azide groups is 1. The fourth-order valence-corrected chi connectivity index (χ4v) is 2.71. The zero-order valence-electron chi connectivity index (χ0n) is 12.7. The minimum absolute atomic E-state index is 0.0342. The number of hydrogen-bond acceptors (Lipinski definition) is 4. The molecule has 0 aromatic carbocycles. The second-order valence-corrected chi connectivity index (χ2v) is 5.12. The fraction of sp³-hybridized carbons (Fsp3) is 0.786. The second-order valence-electron chi connectivity index (χ2n) is 5.12. The van der Waals surface area contributed by atoms with Crippen molar-refractivity contribution in [3.8, 4) is 0 Å². The molecule has 0 saturated carbocycles. The molecule has 0 bridgehead atoms. The first-order valence-corrected chi connectivity index (χ1v) is 7.32. The molecular formula is C14H23N3O4. The van der Waals surface area contributed by atoms with E-state index in [2.05, 4.69) is 10.0 Å². The lowest BCUT2D eigenvalue weighted by Crippen LogP contribution is -2.46. The van der Waals surface area contributed by atoms with Gasteiger partial charge < -0.3 is 14.9 Å². The number of carboxylic acid groups (broad SMARTS) is 1. The Morgan fingerprint density at radius 1 is 1.48 bits per heavy atom. The molecule has 7 nitrogen and oxygen atoms in total. The molecule has 0 unspecified atom stereocenters. The molecule has 0 heterocycles. The van der Waals surface area contributed by atoms with Crippen LogP contribution in [0.1, 0.15) is 46.5 Å². The van der Waals surface area contributed by atoms with Crippen LogP contribution in [0, 0.1) is 0 Å². The minimum atomic E-state index is -1.05. The van der Waals surface area contributed by atoms with Gasteiger partial charge in [-0.1, -0.05) is 25.9 Å². The zero-order chi connectivity index (χ0) is 16.0. The number of carbonyl (C=O) groups is 1. The highest BCUT2D eigenvalue weighted by molar-refractivity contribution is 5.88. The molecule has 0 aromatic rings. The third-order valence-electron chi connectivity index (χ3n) is 3.94. The van der Waals surface area contributed by atoms with Crippen LogP contribution in [0.25, 0.3) is 10.4 Å². The van der Waals surface area contributed by atoms with Gasteiger partial charge in [-0.05, 0) is 36.8 Å². The van der Waals surface area contributed by atoms with Crippen LogP contribution in [0.3, 0.4) is 0 Å². The number of carboxylic acids is 1. The number of aliphatic hydroxyl groups is 1. The van der Waals surface area contributed by atoms with Crippen molar-refractivity contribution in [1.29, 1.82) is 0 Å². The van der Waals surface area contributed by atoms with Gasteiger partial charge in [0, 0.05) is 10.5 Å². The van der Waals surface area contributed by atoms with E-state index in [4.69, 9.17) is 10.3 Å². The molecule has 0 fully saturated rings. The number of aliphatic hydroxyl groups excluding tert-OH is 1. The standard InChI is InChI=1S/C14H23N3O4/c1-4-8(5-2)21-13-9(6-3)10(14(19)20)7-11(12(13)18)16-17-15/h8,11-13,18H,4-7H2,1-3H3,(H,19,20)/t11-,12+,13-/m1/s1. The van der Waals surface area contributed by atoms with Gasteiger partial charge in [0.15, 0.2) is 0 Å². The lowest BCUT2D eigenvalue weighted by Gasteiger charge is -2.37. The van der Waals surface area contributed by atoms with Crippen LogP contribution in [-0.4, -0.2) is 40.5 Å². The molecule has 2 N–H and O–H groups in total. The minimum Gasteiger partial charge on any atom is -0.478 e. The van der Waals surface area contributed by atoms with E-state index in [1.165, 1.54) is 0 Å². The summed E-state index contributed by atoms with van der Waals surface area (Å²) in [4.78, 5) is 14.1. The molecule has 0 spiro atoms. The van der Waals surface area contributed by atoms with Gasteiger partial charge in [0.2, 0.25) is 0 Å². The van der Waals surface area contributed by atoms with Crippen LogP contribution in [0.4, 0.5) is 0 Å². The van der Waals surface area contributed by atoms with Crippen molar-refractivity contribution in [2.75, 3.05) is 0 Å². The van der Waals surface area contributed by atoms with Crippen LogP contribution in [-0.2, 0) is 9.53 Å². The van der Waals surface area contributed by atoms with Gasteiger partial charge in [-0.3, -0.25) is 0 Å². The molecule has 0 radical (unpaired) electrons. The molecule has 3 atom stereocenters. The van der Waals surface area contributed by atoms with E-state index in [1.807, 2.05) is 20.8 Å². The largest absolute Gasteiger partial charge is 0.478 e. The highest BCUT2D eigenvalue weighted by Crippen LogP contribution is 2.33. The third kappa shape index (κ3) is 3.97. The molecule has 21 heavy (non-hydrogen) atoms. The molecule has 1 aliphatic carbocycles. The summed E-state index contributed by atoms with van der Waals surface area (Å²) in [6.07, 6.45) is 0.246. The Hall–Kier alpha value is -1.56. The van der Waals surface area contributed by atoms with Crippen molar-refractivity contribution in [3.63, 3.8) is 0 Å². The van der Waals surface area contributed by atoms with E-state index in [0.29, 0.717) is 12.0 Å². The topological polar surface area (TPSA) is 116 Å². The summed E-state index contributed by atoms with van der Waals surface area (Å²) in [5, 5.41) is 23.3. The number of aliphatic carboxylic acids is 1. The SMILES string of the molecule is CCC1=C(C(=O)O)C[C@@H](N=[N+]=[N-])[C@H](O)[C@@H]1OC(CC)CC. The molecule has 1 aliphatic rings. The zero-order valence-corrected chi connectivity index (χ0v) is 12.7. The van der Waals surface area contributed by atoms with Crippen molar-refractivity contribution in [2.24, 2.45) is 5.11 Å². The molecule has 0 aliphatic heterocycles. The fourth-order valence-electron chi connectivity index (χ4n) is 2.71. The monoisotopic (exact) mass is 297 g/mol. The van der Waals surface area contributed by atoms with Gasteiger partial charge in [-0.25, -0.2) is 4.79 Å². The Balaban J connectivity index is 3.21. The van der Waals surface area contributed by atoms with E-state index < -0.39 is 24.2 Å². The summed E-state index contributed by atoms with van der Waals surface area (Å²) in [6, 6.07) is -0.809. The van der Waals surface area contributed by atoms with Crippen LogP contribution in [0.15, 0.2) is 16.3 Å². The lowest BCUT2D eigenvalue weighted by molar-refractivity contribution is -0.134. The van der Waals surface area contributed by atoms with Gasteiger partial charge in [-0.15, -0.1) is 0 Å². The van der Waals surface area contributed by atoms with Crippen LogP contribution < -0.4 is 0 Å². The van der Waals surface area contributed by atoms with Crippen LogP contribution in [0.5, 0.6) is 0 Å². The van der Waals surface area contributed by atoms with E-state index >= 15 is 0 Å². The lowest BCUT2D eigenvalue weighted by atomic mass is 9.82. The normalized spacial score (nSPS) is 25.9. The van der Waals surface area contributed by atoms with Crippen LogP contribution in [0.2, 0.25) is 0 Å². The molecule has 0 amide bonds. The van der Waals surface area contributed by atoms with E-state index in [1.54, 1.807) is 0 Å². The molecule has 0 saturated heterocycles. The predicted octanol–water partition coefficient (Wildman–Crippen LogP) is 2.79. The van der Waals surface area contributed by atoms with E-state index in [-0.39, 0.29) is 18.1 Å². The Labute approximate surface area is 124 Å². The average molecular weight is 297 g/mol. The maximum Gasteiger partial charge on any atom is 0.331 e. The number of ether oxygens (including phenoxy) is 1. The average Bonchev–Trinajstić information content (AvgIpc) is 2.47. The summed E-state index contributed by atoms with van der Waals surface area (Å²) >= 11 is 0. The first-order chi connectivity index (χ1) is 9.99. The van der Waals surface area contributed by atoms with Crippen molar-refractivity contribution >= 4 is 5.97 Å². The molecule has 118 valence electrons. The summed E-state index contributed by atoms with van der Waals surface area (Å²) in [7, 11) is 0. The number of rotatable bonds is 7. The maximum atomic E-state index is 11.4. The number of hydrogen-bond donors (Lipinski definition) is 2. The van der Waals surface area contributed by atoms with E-state index in [0.717, 1.165) is 12.8 Å². The summed E-state index contributed by atoms with van der Waals surface area (Å²) in [5.74, 6) is -1.05. The van der Waals surface area contributed by atoms with Gasteiger partial charge in [-0.2, -0.15) is 0 Å². The summed E-state index contributed by atoms with van der Waals surface area (Å²) in [6.45, 7) is 5.78. The van der Waals surface area contributed by atoms with Crippen molar-refractivity contribution in [1.82, 2.24) is 0 Å². The first kappa shape index (κ1) is 17.5. The van der Waals surface area contributed by atoms with Gasteiger partial charge >= 0.3 is 5.97 Å². The Morgan fingerprint density at radius 3 is 2.52 bits per heavy atom. The number of nitrogens with zero attached hydrogens (tertiary/aromatic N) is 3. The Bertz CT molecular complexity index is 453. The van der Waals surface area contributed by atoms with Crippen molar-refractivity contribution in [3.05, 3.63) is 21.6 Å². The van der Waals surface area contributed by atoms with Crippen molar-refractivity contribution in [2.45, 2.75) is 70.8 Å². The highest BCUT2D eigenvalue weighted by Gasteiger charge is 2.39. The Kier molecular flexibility index (Phi) is 6.68. The Morgan fingerprint density at radius 2 is 2.10 bits per heavy atom. The van der Waals surface area contributed by atoms with Crippen LogP contribution >= 0.6 is 0 Å². The molecular weight excluding hydrogens is 274 g/mol. The van der Waals surface area contributed by atoms with Gasteiger partial charge in [0.25, 0.3) is 0 Å². The molecule has 0 aromatic heterocycles. The third-order valence-corrected chi connectivity index (χ3v) is 3.94. The van der Waals surface area contributed by atoms with E-state index in [9.17, 15) is 15.0 Å².